The molecule has 2 saturated heterocycles. The van der Waals surface area contributed by atoms with Crippen LogP contribution in [0, 0.1) is 11.3 Å². The highest BCUT2D eigenvalue weighted by atomic mass is 127. The van der Waals surface area contributed by atoms with E-state index in [1.54, 1.807) is 0 Å². The summed E-state index contributed by atoms with van der Waals surface area (Å²) in [7, 11) is 0. The summed E-state index contributed by atoms with van der Waals surface area (Å²) in [6.45, 7) is 13.8. The van der Waals surface area contributed by atoms with Crippen molar-refractivity contribution in [2.24, 2.45) is 16.3 Å². The summed E-state index contributed by atoms with van der Waals surface area (Å²) in [5.41, 5.74) is 0.607. The molecule has 2 heterocycles. The molecule has 0 radical (unpaired) electrons. The maximum Gasteiger partial charge on any atom is 0.193 e. The van der Waals surface area contributed by atoms with Gasteiger partial charge >= 0.3 is 0 Å². The van der Waals surface area contributed by atoms with Crippen LogP contribution >= 0.6 is 24.0 Å². The molecule has 0 aromatic rings. The minimum atomic E-state index is 0. The minimum absolute atomic E-state index is 0. The summed E-state index contributed by atoms with van der Waals surface area (Å²) in [6.07, 6.45) is 7.07. The number of nitrogens with one attached hydrogen (secondary N) is 1. The molecule has 1 unspecified atom stereocenters. The molecule has 1 aliphatic carbocycles. The maximum absolute atomic E-state index is 5.44. The standard InChI is InChI=1S/C19H36N4O.HI/c1-3-20-18(23-9-8-19(16-23)6-4-5-7-19)21-14-17(2)15-22-10-12-24-13-11-22;/h17H,3-16H2,1-2H3,(H,20,21);1H. The van der Waals surface area contributed by atoms with Gasteiger partial charge in [-0.3, -0.25) is 9.89 Å². The van der Waals surface area contributed by atoms with Gasteiger partial charge in [-0.2, -0.15) is 0 Å². The third-order valence-corrected chi connectivity index (χ3v) is 5.96. The quantitative estimate of drug-likeness (QED) is 0.386. The van der Waals surface area contributed by atoms with E-state index in [2.05, 4.69) is 29.0 Å². The van der Waals surface area contributed by atoms with Crippen molar-refractivity contribution in [2.75, 3.05) is 59.0 Å². The summed E-state index contributed by atoms with van der Waals surface area (Å²) in [5.74, 6) is 1.75. The van der Waals surface area contributed by atoms with E-state index in [-0.39, 0.29) is 24.0 Å². The molecule has 146 valence electrons. The first-order chi connectivity index (χ1) is 11.7. The Balaban J connectivity index is 0.00000225. The van der Waals surface area contributed by atoms with Gasteiger partial charge in [-0.25, -0.2) is 0 Å². The molecule has 5 nitrogen and oxygen atoms in total. The van der Waals surface area contributed by atoms with E-state index in [1.807, 2.05) is 0 Å². The molecule has 25 heavy (non-hydrogen) atoms. The lowest BCUT2D eigenvalue weighted by atomic mass is 9.86. The van der Waals surface area contributed by atoms with Crippen LogP contribution in [0.2, 0.25) is 0 Å². The molecule has 0 aromatic heterocycles. The summed E-state index contributed by atoms with van der Waals surface area (Å²) in [5, 5.41) is 3.53. The van der Waals surface area contributed by atoms with E-state index in [4.69, 9.17) is 9.73 Å². The lowest BCUT2D eigenvalue weighted by Crippen LogP contribution is -2.42. The monoisotopic (exact) mass is 464 g/mol. The number of halogens is 1. The summed E-state index contributed by atoms with van der Waals surface area (Å²) >= 11 is 0. The molecule has 1 N–H and O–H groups in total. The first-order valence-electron chi connectivity index (χ1n) is 10.0. The van der Waals surface area contributed by atoms with Crippen molar-refractivity contribution in [3.05, 3.63) is 0 Å². The molecule has 3 fully saturated rings. The Morgan fingerprint density at radius 2 is 1.88 bits per heavy atom. The maximum atomic E-state index is 5.44. The first-order valence-corrected chi connectivity index (χ1v) is 10.0. The van der Waals surface area contributed by atoms with Crippen LogP contribution in [0.25, 0.3) is 0 Å². The number of hydrogen-bond acceptors (Lipinski definition) is 3. The molecule has 3 aliphatic rings. The van der Waals surface area contributed by atoms with Crippen molar-refractivity contribution < 1.29 is 4.74 Å². The van der Waals surface area contributed by atoms with Gasteiger partial charge in [0, 0.05) is 45.8 Å². The van der Waals surface area contributed by atoms with Crippen LogP contribution in [-0.2, 0) is 4.74 Å². The van der Waals surface area contributed by atoms with Gasteiger partial charge in [0.05, 0.1) is 13.2 Å². The third-order valence-electron chi connectivity index (χ3n) is 5.96. The summed E-state index contributed by atoms with van der Waals surface area (Å²) in [6, 6.07) is 0. The van der Waals surface area contributed by atoms with Crippen LogP contribution in [-0.4, -0.2) is 74.8 Å². The Hall–Kier alpha value is -0.0800. The molecule has 1 atom stereocenters. The van der Waals surface area contributed by atoms with Gasteiger partial charge in [0.2, 0.25) is 0 Å². The van der Waals surface area contributed by atoms with Crippen molar-refractivity contribution in [3.8, 4) is 0 Å². The second-order valence-electron chi connectivity index (χ2n) is 8.09. The molecular weight excluding hydrogens is 427 g/mol. The van der Waals surface area contributed by atoms with Gasteiger partial charge in [-0.05, 0) is 37.5 Å². The predicted octanol–water partition coefficient (Wildman–Crippen LogP) is 2.80. The van der Waals surface area contributed by atoms with Gasteiger partial charge < -0.3 is 15.0 Å². The Bertz CT molecular complexity index is 420. The molecule has 2 aliphatic heterocycles. The first kappa shape index (κ1) is 21.2. The van der Waals surface area contributed by atoms with Crippen LogP contribution in [0.15, 0.2) is 4.99 Å². The number of nitrogens with zero attached hydrogens (tertiary/aromatic N) is 3. The number of likely N-dealkylation sites (tertiary alicyclic amines) is 1. The molecule has 1 spiro atoms. The highest BCUT2D eigenvalue weighted by Gasteiger charge is 2.41. The fourth-order valence-electron chi connectivity index (χ4n) is 4.60. The van der Waals surface area contributed by atoms with Crippen molar-refractivity contribution in [1.29, 1.82) is 0 Å². The Labute approximate surface area is 171 Å². The van der Waals surface area contributed by atoms with Gasteiger partial charge in [-0.15, -0.1) is 24.0 Å². The lowest BCUT2D eigenvalue weighted by molar-refractivity contribution is 0.0323. The molecular formula is C19H37IN4O. The highest BCUT2D eigenvalue weighted by molar-refractivity contribution is 14.0. The number of morpholine rings is 1. The third kappa shape index (κ3) is 5.96. The fraction of sp³-hybridized carbons (Fsp3) is 0.947. The van der Waals surface area contributed by atoms with E-state index >= 15 is 0 Å². The van der Waals surface area contributed by atoms with Crippen LogP contribution in [0.4, 0.5) is 0 Å². The zero-order valence-corrected chi connectivity index (χ0v) is 18.5. The van der Waals surface area contributed by atoms with Crippen molar-refractivity contribution in [1.82, 2.24) is 15.1 Å². The van der Waals surface area contributed by atoms with E-state index in [0.29, 0.717) is 11.3 Å². The number of guanidine groups is 1. The van der Waals surface area contributed by atoms with E-state index in [0.717, 1.165) is 51.9 Å². The molecule has 0 bridgehead atoms. The number of ether oxygens (including phenoxy) is 1. The number of aliphatic imine (C=N–C) groups is 1. The van der Waals surface area contributed by atoms with Crippen LogP contribution in [0.3, 0.4) is 0 Å². The zero-order valence-electron chi connectivity index (χ0n) is 16.1. The van der Waals surface area contributed by atoms with E-state index in [1.165, 1.54) is 45.2 Å². The Morgan fingerprint density at radius 3 is 2.56 bits per heavy atom. The van der Waals surface area contributed by atoms with Crippen molar-refractivity contribution in [2.45, 2.75) is 46.0 Å². The average molecular weight is 464 g/mol. The molecule has 3 rings (SSSR count). The topological polar surface area (TPSA) is 40.1 Å². The van der Waals surface area contributed by atoms with Gasteiger partial charge in [-0.1, -0.05) is 19.8 Å². The molecule has 6 heteroatoms. The van der Waals surface area contributed by atoms with Crippen LogP contribution < -0.4 is 5.32 Å². The normalized spacial score (nSPS) is 25.2. The van der Waals surface area contributed by atoms with E-state index < -0.39 is 0 Å². The van der Waals surface area contributed by atoms with Gasteiger partial charge in [0.15, 0.2) is 5.96 Å². The largest absolute Gasteiger partial charge is 0.379 e. The minimum Gasteiger partial charge on any atom is -0.379 e. The van der Waals surface area contributed by atoms with Gasteiger partial charge in [0.1, 0.15) is 0 Å². The molecule has 0 aromatic carbocycles. The second kappa shape index (κ2) is 10.3. The van der Waals surface area contributed by atoms with Crippen LogP contribution in [0.1, 0.15) is 46.0 Å². The van der Waals surface area contributed by atoms with Crippen molar-refractivity contribution >= 4 is 29.9 Å². The highest BCUT2D eigenvalue weighted by Crippen LogP contribution is 2.45. The predicted molar refractivity (Wildman–Crippen MR) is 115 cm³/mol. The molecule has 1 saturated carbocycles. The summed E-state index contributed by atoms with van der Waals surface area (Å²) < 4.78 is 5.44. The zero-order chi connectivity index (χ0) is 16.8. The molecule has 0 amide bonds. The SMILES string of the molecule is CCNC(=NCC(C)CN1CCOCC1)N1CCC2(CCCC2)C1.I. The Morgan fingerprint density at radius 1 is 1.16 bits per heavy atom. The van der Waals surface area contributed by atoms with Gasteiger partial charge in [0.25, 0.3) is 0 Å². The fourth-order valence-corrected chi connectivity index (χ4v) is 4.60. The van der Waals surface area contributed by atoms with Crippen molar-refractivity contribution in [3.63, 3.8) is 0 Å². The Kier molecular flexibility index (Phi) is 8.75. The number of rotatable bonds is 5. The van der Waals surface area contributed by atoms with Crippen LogP contribution in [0.5, 0.6) is 0 Å². The average Bonchev–Trinajstić information content (AvgIpc) is 3.23. The second-order valence-corrected chi connectivity index (χ2v) is 8.09. The lowest BCUT2D eigenvalue weighted by Gasteiger charge is -2.29. The van der Waals surface area contributed by atoms with E-state index in [9.17, 15) is 0 Å². The smallest absolute Gasteiger partial charge is 0.193 e. The number of hydrogen-bond donors (Lipinski definition) is 1. The summed E-state index contributed by atoms with van der Waals surface area (Å²) in [4.78, 5) is 10.0.